The number of nitrogens with zero attached hydrogens (tertiary/aromatic N) is 1. The Balaban J connectivity index is 2.02. The van der Waals surface area contributed by atoms with E-state index in [0.717, 1.165) is 25.7 Å². The number of esters is 1. The Morgan fingerprint density at radius 3 is 2.65 bits per heavy atom. The maximum absolute atomic E-state index is 12.2. The standard InChI is InChI=1S/C15H21NO4/c1-10-13(15(18)19-3)8-12(20-10)9-16(2)14(17)11-6-4-5-7-11/h8,11H,4-7,9H2,1-3H3. The van der Waals surface area contributed by atoms with Gasteiger partial charge < -0.3 is 14.1 Å². The Hall–Kier alpha value is -1.78. The zero-order chi connectivity index (χ0) is 14.7. The van der Waals surface area contributed by atoms with Gasteiger partial charge in [0.15, 0.2) is 0 Å². The molecule has 1 aliphatic rings. The molecular weight excluding hydrogens is 258 g/mol. The van der Waals surface area contributed by atoms with Gasteiger partial charge in [-0.3, -0.25) is 4.79 Å². The van der Waals surface area contributed by atoms with Crippen LogP contribution in [-0.4, -0.2) is 30.9 Å². The molecule has 1 saturated carbocycles. The highest BCUT2D eigenvalue weighted by molar-refractivity contribution is 5.90. The van der Waals surface area contributed by atoms with Crippen LogP contribution in [0.25, 0.3) is 0 Å². The molecule has 1 aliphatic carbocycles. The van der Waals surface area contributed by atoms with Gasteiger partial charge in [-0.2, -0.15) is 0 Å². The van der Waals surface area contributed by atoms with Crippen molar-refractivity contribution in [3.05, 3.63) is 23.2 Å². The van der Waals surface area contributed by atoms with Gasteiger partial charge in [-0.25, -0.2) is 4.79 Å². The second kappa shape index (κ2) is 6.11. The summed E-state index contributed by atoms with van der Waals surface area (Å²) in [6, 6.07) is 1.65. The van der Waals surface area contributed by atoms with Crippen LogP contribution in [0.4, 0.5) is 0 Å². The Bertz CT molecular complexity index is 500. The molecule has 1 amide bonds. The van der Waals surface area contributed by atoms with E-state index in [4.69, 9.17) is 4.42 Å². The first-order chi connectivity index (χ1) is 9.52. The van der Waals surface area contributed by atoms with E-state index in [-0.39, 0.29) is 11.8 Å². The van der Waals surface area contributed by atoms with E-state index in [1.807, 2.05) is 0 Å². The fraction of sp³-hybridized carbons (Fsp3) is 0.600. The molecule has 0 N–H and O–H groups in total. The van der Waals surface area contributed by atoms with Gasteiger partial charge in [-0.1, -0.05) is 12.8 Å². The van der Waals surface area contributed by atoms with Crippen molar-refractivity contribution in [3.63, 3.8) is 0 Å². The van der Waals surface area contributed by atoms with Gasteiger partial charge in [-0.15, -0.1) is 0 Å². The first-order valence-electron chi connectivity index (χ1n) is 6.95. The van der Waals surface area contributed by atoms with Crippen LogP contribution < -0.4 is 0 Å². The fourth-order valence-corrected chi connectivity index (χ4v) is 2.73. The Morgan fingerprint density at radius 1 is 1.40 bits per heavy atom. The smallest absolute Gasteiger partial charge is 0.341 e. The Morgan fingerprint density at radius 2 is 2.05 bits per heavy atom. The molecule has 1 fully saturated rings. The Labute approximate surface area is 118 Å². The third-order valence-electron chi connectivity index (χ3n) is 3.85. The van der Waals surface area contributed by atoms with Crippen molar-refractivity contribution < 1.29 is 18.7 Å². The van der Waals surface area contributed by atoms with Gasteiger partial charge in [0.25, 0.3) is 0 Å². The van der Waals surface area contributed by atoms with Crippen LogP contribution in [0.1, 0.15) is 47.6 Å². The highest BCUT2D eigenvalue weighted by atomic mass is 16.5. The molecule has 0 aromatic carbocycles. The molecule has 0 radical (unpaired) electrons. The summed E-state index contributed by atoms with van der Waals surface area (Å²) in [6.45, 7) is 2.10. The minimum atomic E-state index is -0.415. The number of aryl methyl sites for hydroxylation is 1. The molecule has 110 valence electrons. The maximum Gasteiger partial charge on any atom is 0.341 e. The summed E-state index contributed by atoms with van der Waals surface area (Å²) in [5, 5.41) is 0. The number of rotatable bonds is 4. The van der Waals surface area contributed by atoms with Gasteiger partial charge in [0, 0.05) is 13.0 Å². The highest BCUT2D eigenvalue weighted by Crippen LogP contribution is 2.27. The van der Waals surface area contributed by atoms with Crippen molar-refractivity contribution in [3.8, 4) is 0 Å². The molecule has 1 heterocycles. The molecule has 2 rings (SSSR count). The third-order valence-corrected chi connectivity index (χ3v) is 3.85. The molecular formula is C15H21NO4. The summed E-state index contributed by atoms with van der Waals surface area (Å²) in [6.07, 6.45) is 4.23. The molecule has 0 aliphatic heterocycles. The van der Waals surface area contributed by atoms with Crippen LogP contribution >= 0.6 is 0 Å². The van der Waals surface area contributed by atoms with Crippen LogP contribution in [0.15, 0.2) is 10.5 Å². The maximum atomic E-state index is 12.2. The number of carbonyl (C=O) groups is 2. The van der Waals surface area contributed by atoms with Crippen LogP contribution in [0.2, 0.25) is 0 Å². The monoisotopic (exact) mass is 279 g/mol. The van der Waals surface area contributed by atoms with Gasteiger partial charge in [0.05, 0.1) is 13.7 Å². The number of amides is 1. The molecule has 1 aromatic rings. The lowest BCUT2D eigenvalue weighted by Crippen LogP contribution is -2.31. The number of carbonyl (C=O) groups excluding carboxylic acids is 2. The number of furan rings is 1. The van der Waals surface area contributed by atoms with E-state index < -0.39 is 5.97 Å². The summed E-state index contributed by atoms with van der Waals surface area (Å²) in [5.41, 5.74) is 0.421. The van der Waals surface area contributed by atoms with E-state index in [9.17, 15) is 9.59 Å². The first kappa shape index (κ1) is 14.6. The first-order valence-corrected chi connectivity index (χ1v) is 6.95. The average molecular weight is 279 g/mol. The normalized spacial score (nSPS) is 15.3. The van der Waals surface area contributed by atoms with Crippen molar-refractivity contribution in [1.29, 1.82) is 0 Å². The van der Waals surface area contributed by atoms with Gasteiger partial charge in [0.2, 0.25) is 5.91 Å². The van der Waals surface area contributed by atoms with Gasteiger partial charge >= 0.3 is 5.97 Å². The van der Waals surface area contributed by atoms with Crippen LogP contribution in [0.3, 0.4) is 0 Å². The molecule has 5 nitrogen and oxygen atoms in total. The second-order valence-electron chi connectivity index (χ2n) is 5.35. The van der Waals surface area contributed by atoms with Gasteiger partial charge in [-0.05, 0) is 25.8 Å². The van der Waals surface area contributed by atoms with E-state index >= 15 is 0 Å². The Kier molecular flexibility index (Phi) is 4.47. The predicted octanol–water partition coefficient (Wildman–Crippen LogP) is 2.52. The largest absolute Gasteiger partial charge is 0.465 e. The molecule has 0 bridgehead atoms. The van der Waals surface area contributed by atoms with E-state index in [1.165, 1.54) is 7.11 Å². The van der Waals surface area contributed by atoms with Crippen LogP contribution in [0, 0.1) is 12.8 Å². The number of ether oxygens (including phenoxy) is 1. The number of methoxy groups -OCH3 is 1. The van der Waals surface area contributed by atoms with E-state index in [1.54, 1.807) is 24.9 Å². The highest BCUT2D eigenvalue weighted by Gasteiger charge is 2.26. The molecule has 5 heteroatoms. The number of hydrogen-bond acceptors (Lipinski definition) is 4. The fourth-order valence-electron chi connectivity index (χ4n) is 2.73. The van der Waals surface area contributed by atoms with Gasteiger partial charge in [0.1, 0.15) is 17.1 Å². The van der Waals surface area contributed by atoms with Crippen molar-refractivity contribution in [1.82, 2.24) is 4.90 Å². The van der Waals surface area contributed by atoms with E-state index in [0.29, 0.717) is 23.6 Å². The molecule has 1 aromatic heterocycles. The molecule has 0 atom stereocenters. The van der Waals surface area contributed by atoms with Crippen molar-refractivity contribution in [2.45, 2.75) is 39.2 Å². The second-order valence-corrected chi connectivity index (χ2v) is 5.35. The predicted molar refractivity (Wildman–Crippen MR) is 73.2 cm³/mol. The van der Waals surface area contributed by atoms with Crippen molar-refractivity contribution in [2.75, 3.05) is 14.2 Å². The quantitative estimate of drug-likeness (QED) is 0.795. The topological polar surface area (TPSA) is 59.8 Å². The summed E-state index contributed by atoms with van der Waals surface area (Å²) < 4.78 is 10.2. The van der Waals surface area contributed by atoms with Crippen LogP contribution in [0.5, 0.6) is 0 Å². The summed E-state index contributed by atoms with van der Waals surface area (Å²) in [4.78, 5) is 25.4. The van der Waals surface area contributed by atoms with Crippen molar-refractivity contribution >= 4 is 11.9 Å². The molecule has 0 spiro atoms. The zero-order valence-electron chi connectivity index (χ0n) is 12.3. The molecule has 0 unspecified atom stereocenters. The SMILES string of the molecule is COC(=O)c1cc(CN(C)C(=O)C2CCCC2)oc1C. The third kappa shape index (κ3) is 3.03. The van der Waals surface area contributed by atoms with Crippen LogP contribution in [-0.2, 0) is 16.1 Å². The van der Waals surface area contributed by atoms with Crippen molar-refractivity contribution in [2.24, 2.45) is 5.92 Å². The molecule has 0 saturated heterocycles. The summed E-state index contributed by atoms with van der Waals surface area (Å²) in [5.74, 6) is 1.03. The average Bonchev–Trinajstić information content (AvgIpc) is 3.06. The lowest BCUT2D eigenvalue weighted by atomic mass is 10.1. The summed E-state index contributed by atoms with van der Waals surface area (Å²) in [7, 11) is 3.11. The molecule has 20 heavy (non-hydrogen) atoms. The summed E-state index contributed by atoms with van der Waals surface area (Å²) >= 11 is 0. The lowest BCUT2D eigenvalue weighted by Gasteiger charge is -2.19. The minimum absolute atomic E-state index is 0.149. The zero-order valence-corrected chi connectivity index (χ0v) is 12.3. The van der Waals surface area contributed by atoms with E-state index in [2.05, 4.69) is 4.74 Å². The minimum Gasteiger partial charge on any atom is -0.465 e. The lowest BCUT2D eigenvalue weighted by molar-refractivity contribution is -0.134. The number of hydrogen-bond donors (Lipinski definition) is 0.